The van der Waals surface area contributed by atoms with E-state index in [9.17, 15) is 0 Å². The molecule has 3 heteroatoms. The van der Waals surface area contributed by atoms with Crippen LogP contribution < -0.4 is 5.32 Å². The van der Waals surface area contributed by atoms with E-state index < -0.39 is 0 Å². The molecule has 20 heavy (non-hydrogen) atoms. The van der Waals surface area contributed by atoms with E-state index in [1.165, 1.54) is 16.7 Å². The predicted molar refractivity (Wildman–Crippen MR) is 76.8 cm³/mol. The van der Waals surface area contributed by atoms with Gasteiger partial charge in [-0.2, -0.15) is 5.26 Å². The fraction of sp³-hybridized carbons (Fsp3) is 0.235. The Balaban J connectivity index is 1.68. The maximum Gasteiger partial charge on any atom is 0.0991 e. The normalized spacial score (nSPS) is 17.2. The maximum absolute atomic E-state index is 8.79. The zero-order valence-electron chi connectivity index (χ0n) is 11.2. The number of nitrogens with zero attached hydrogens (tertiary/aromatic N) is 1. The van der Waals surface area contributed by atoms with E-state index in [1.54, 1.807) is 0 Å². The third-order valence-electron chi connectivity index (χ3n) is 3.61. The first-order chi connectivity index (χ1) is 9.86. The van der Waals surface area contributed by atoms with Crippen LogP contribution in [0.15, 0.2) is 48.5 Å². The van der Waals surface area contributed by atoms with Crippen LogP contribution in [0.5, 0.6) is 0 Å². The molecule has 0 amide bonds. The summed E-state index contributed by atoms with van der Waals surface area (Å²) in [5.74, 6) is 0. The monoisotopic (exact) mass is 264 g/mol. The molecule has 1 atom stereocenters. The highest BCUT2D eigenvalue weighted by atomic mass is 16.5. The first kappa shape index (κ1) is 12.9. The standard InChI is InChI=1S/C17H16N2O/c18-9-13-5-7-14(8-6-13)10-19-17-12-20-11-15-3-1-2-4-16(15)17/h1-8,17,19H,10-12H2. The fourth-order valence-electron chi connectivity index (χ4n) is 2.49. The van der Waals surface area contributed by atoms with Crippen molar-refractivity contribution in [3.8, 4) is 6.07 Å². The zero-order valence-corrected chi connectivity index (χ0v) is 11.2. The number of rotatable bonds is 3. The van der Waals surface area contributed by atoms with E-state index >= 15 is 0 Å². The largest absolute Gasteiger partial charge is 0.375 e. The molecule has 0 fully saturated rings. The van der Waals surface area contributed by atoms with E-state index in [1.807, 2.05) is 30.3 Å². The van der Waals surface area contributed by atoms with E-state index in [4.69, 9.17) is 10.00 Å². The Morgan fingerprint density at radius 3 is 2.75 bits per heavy atom. The van der Waals surface area contributed by atoms with Crippen LogP contribution in [-0.4, -0.2) is 6.61 Å². The molecule has 1 aliphatic rings. The van der Waals surface area contributed by atoms with Crippen LogP contribution >= 0.6 is 0 Å². The molecule has 1 heterocycles. The smallest absolute Gasteiger partial charge is 0.0991 e. The number of fused-ring (bicyclic) bond motifs is 1. The molecule has 0 aromatic heterocycles. The number of nitrogens with one attached hydrogen (secondary N) is 1. The summed E-state index contributed by atoms with van der Waals surface area (Å²) >= 11 is 0. The average molecular weight is 264 g/mol. The Kier molecular flexibility index (Phi) is 3.78. The highest BCUT2D eigenvalue weighted by molar-refractivity contribution is 5.33. The van der Waals surface area contributed by atoms with Gasteiger partial charge in [0.25, 0.3) is 0 Å². The van der Waals surface area contributed by atoms with E-state index in [-0.39, 0.29) is 6.04 Å². The van der Waals surface area contributed by atoms with Crippen molar-refractivity contribution in [2.45, 2.75) is 19.2 Å². The molecule has 0 aliphatic carbocycles. The molecule has 1 aliphatic heterocycles. The van der Waals surface area contributed by atoms with Crippen LogP contribution in [0.4, 0.5) is 0 Å². The number of ether oxygens (including phenoxy) is 1. The Morgan fingerprint density at radius 1 is 1.15 bits per heavy atom. The third kappa shape index (κ3) is 2.72. The third-order valence-corrected chi connectivity index (χ3v) is 3.61. The van der Waals surface area contributed by atoms with Crippen LogP contribution in [0.3, 0.4) is 0 Å². The quantitative estimate of drug-likeness (QED) is 0.927. The van der Waals surface area contributed by atoms with Crippen molar-refractivity contribution in [2.24, 2.45) is 0 Å². The molecular weight excluding hydrogens is 248 g/mol. The van der Waals surface area contributed by atoms with Gasteiger partial charge >= 0.3 is 0 Å². The molecule has 0 saturated heterocycles. The van der Waals surface area contributed by atoms with Crippen molar-refractivity contribution >= 4 is 0 Å². The Morgan fingerprint density at radius 2 is 1.95 bits per heavy atom. The minimum atomic E-state index is 0.232. The molecule has 0 bridgehead atoms. The second-order valence-electron chi connectivity index (χ2n) is 4.96. The molecule has 0 spiro atoms. The van der Waals surface area contributed by atoms with Crippen molar-refractivity contribution in [3.63, 3.8) is 0 Å². The van der Waals surface area contributed by atoms with Gasteiger partial charge in [-0.05, 0) is 28.8 Å². The van der Waals surface area contributed by atoms with Gasteiger partial charge in [-0.1, -0.05) is 36.4 Å². The zero-order chi connectivity index (χ0) is 13.8. The molecular formula is C17H16N2O. The Hall–Kier alpha value is -2.15. The van der Waals surface area contributed by atoms with Gasteiger partial charge in [0.05, 0.1) is 30.9 Å². The van der Waals surface area contributed by atoms with Gasteiger partial charge in [0.15, 0.2) is 0 Å². The first-order valence-corrected chi connectivity index (χ1v) is 6.75. The highest BCUT2D eigenvalue weighted by Crippen LogP contribution is 2.24. The Labute approximate surface area is 118 Å². The molecule has 100 valence electrons. The SMILES string of the molecule is N#Cc1ccc(CNC2COCc3ccccc32)cc1. The summed E-state index contributed by atoms with van der Waals surface area (Å²) in [6, 6.07) is 18.4. The lowest BCUT2D eigenvalue weighted by molar-refractivity contribution is 0.0817. The number of benzene rings is 2. The van der Waals surface area contributed by atoms with Crippen molar-refractivity contribution in [2.75, 3.05) is 6.61 Å². The molecule has 2 aromatic rings. The van der Waals surface area contributed by atoms with Crippen LogP contribution in [-0.2, 0) is 17.9 Å². The molecule has 1 N–H and O–H groups in total. The van der Waals surface area contributed by atoms with E-state index in [0.29, 0.717) is 18.8 Å². The lowest BCUT2D eigenvalue weighted by atomic mass is 9.99. The van der Waals surface area contributed by atoms with Gasteiger partial charge < -0.3 is 10.1 Å². The average Bonchev–Trinajstić information content (AvgIpc) is 2.53. The van der Waals surface area contributed by atoms with Crippen LogP contribution in [0.25, 0.3) is 0 Å². The van der Waals surface area contributed by atoms with Crippen LogP contribution in [0, 0.1) is 11.3 Å². The lowest BCUT2D eigenvalue weighted by Gasteiger charge is -2.26. The van der Waals surface area contributed by atoms with Gasteiger partial charge in [-0.25, -0.2) is 0 Å². The highest BCUT2D eigenvalue weighted by Gasteiger charge is 2.19. The van der Waals surface area contributed by atoms with Gasteiger partial charge in [0.1, 0.15) is 0 Å². The summed E-state index contributed by atoms with van der Waals surface area (Å²) in [7, 11) is 0. The number of hydrogen-bond donors (Lipinski definition) is 1. The van der Waals surface area contributed by atoms with Crippen molar-refractivity contribution < 1.29 is 4.74 Å². The van der Waals surface area contributed by atoms with Crippen molar-refractivity contribution in [1.82, 2.24) is 5.32 Å². The summed E-state index contributed by atoms with van der Waals surface area (Å²) in [5, 5.41) is 12.3. The van der Waals surface area contributed by atoms with Gasteiger partial charge in [-0.3, -0.25) is 0 Å². The Bertz CT molecular complexity index is 628. The minimum absolute atomic E-state index is 0.232. The topological polar surface area (TPSA) is 45.0 Å². The van der Waals surface area contributed by atoms with Gasteiger partial charge in [-0.15, -0.1) is 0 Å². The number of nitriles is 1. The maximum atomic E-state index is 8.79. The van der Waals surface area contributed by atoms with E-state index in [2.05, 4.69) is 29.6 Å². The van der Waals surface area contributed by atoms with Crippen molar-refractivity contribution in [1.29, 1.82) is 5.26 Å². The lowest BCUT2D eigenvalue weighted by Crippen LogP contribution is -2.29. The molecule has 1 unspecified atom stereocenters. The summed E-state index contributed by atoms with van der Waals surface area (Å²) in [4.78, 5) is 0. The summed E-state index contributed by atoms with van der Waals surface area (Å²) in [5.41, 5.74) is 4.45. The van der Waals surface area contributed by atoms with Gasteiger partial charge in [0.2, 0.25) is 0 Å². The summed E-state index contributed by atoms with van der Waals surface area (Å²) in [6.07, 6.45) is 0. The number of hydrogen-bond acceptors (Lipinski definition) is 3. The second kappa shape index (κ2) is 5.87. The predicted octanol–water partition coefficient (Wildman–Crippen LogP) is 2.92. The molecule has 2 aromatic carbocycles. The van der Waals surface area contributed by atoms with Crippen LogP contribution in [0.2, 0.25) is 0 Å². The second-order valence-corrected chi connectivity index (χ2v) is 4.96. The van der Waals surface area contributed by atoms with Gasteiger partial charge in [0, 0.05) is 6.54 Å². The fourth-order valence-corrected chi connectivity index (χ4v) is 2.49. The summed E-state index contributed by atoms with van der Waals surface area (Å²) in [6.45, 7) is 2.17. The van der Waals surface area contributed by atoms with Crippen LogP contribution in [0.1, 0.15) is 28.3 Å². The minimum Gasteiger partial charge on any atom is -0.375 e. The first-order valence-electron chi connectivity index (χ1n) is 6.75. The molecule has 3 rings (SSSR count). The molecule has 3 nitrogen and oxygen atoms in total. The van der Waals surface area contributed by atoms with E-state index in [0.717, 1.165) is 6.54 Å². The van der Waals surface area contributed by atoms with Crippen molar-refractivity contribution in [3.05, 3.63) is 70.8 Å². The summed E-state index contributed by atoms with van der Waals surface area (Å²) < 4.78 is 5.63. The molecule has 0 radical (unpaired) electrons. The molecule has 0 saturated carbocycles.